The minimum Gasteiger partial charge on any atom is -0.339 e. The van der Waals surface area contributed by atoms with Crippen LogP contribution in [0.15, 0.2) is 17.3 Å². The van der Waals surface area contributed by atoms with Crippen LogP contribution in [0, 0.1) is 6.92 Å². The van der Waals surface area contributed by atoms with Gasteiger partial charge in [-0.05, 0) is 29.5 Å². The lowest BCUT2D eigenvalue weighted by molar-refractivity contribution is -0.132. The average molecular weight is 380 g/mol. The smallest absolute Gasteiger partial charge is 0.264 e. The normalized spacial score (nSPS) is 14.8. The second-order valence-electron chi connectivity index (χ2n) is 5.77. The molecule has 1 saturated heterocycles. The minimum atomic E-state index is 0.0653. The van der Waals surface area contributed by atoms with E-state index < -0.39 is 0 Å². The van der Waals surface area contributed by atoms with Crippen LogP contribution in [0.5, 0.6) is 0 Å². The van der Waals surface area contributed by atoms with Crippen molar-refractivity contribution in [1.82, 2.24) is 30.0 Å². The first-order chi connectivity index (χ1) is 12.0. The molecule has 3 rings (SSSR count). The first-order valence-corrected chi connectivity index (χ1v) is 9.83. The van der Waals surface area contributed by atoms with Crippen molar-refractivity contribution < 1.29 is 9.59 Å². The highest BCUT2D eigenvalue weighted by atomic mass is 32.2. The molecule has 0 unspecified atom stereocenters. The lowest BCUT2D eigenvalue weighted by Crippen LogP contribution is -2.50. The second-order valence-corrected chi connectivity index (χ2v) is 8.12. The van der Waals surface area contributed by atoms with Crippen molar-refractivity contribution in [2.45, 2.75) is 18.5 Å². The third kappa shape index (κ3) is 4.37. The molecule has 1 aliphatic rings. The Morgan fingerprint density at radius 2 is 1.92 bits per heavy atom. The van der Waals surface area contributed by atoms with E-state index in [0.29, 0.717) is 43.5 Å². The van der Waals surface area contributed by atoms with Crippen LogP contribution >= 0.6 is 23.1 Å². The summed E-state index contributed by atoms with van der Waals surface area (Å²) >= 11 is 2.98. The molecule has 8 nitrogen and oxygen atoms in total. The quantitative estimate of drug-likeness (QED) is 0.721. The number of hydrogen-bond donors (Lipinski definition) is 0. The number of hydrogen-bond acceptors (Lipinski definition) is 7. The lowest BCUT2D eigenvalue weighted by atomic mass is 10.2. The third-order valence-electron chi connectivity index (χ3n) is 4.00. The van der Waals surface area contributed by atoms with Crippen molar-refractivity contribution in [2.75, 3.05) is 31.9 Å². The standard InChI is InChI=1S/C15H20N6O2S2/c1-11-3-4-12(25-11)14(23)21-8-6-20(7-9-21)13(22)5-10-24-15-16-17-18-19(15)2/h3-4H,5-10H2,1-2H3. The maximum absolute atomic E-state index is 12.4. The van der Waals surface area contributed by atoms with Crippen LogP contribution in [-0.4, -0.2) is 73.8 Å². The van der Waals surface area contributed by atoms with E-state index in [2.05, 4.69) is 15.5 Å². The molecule has 0 radical (unpaired) electrons. The highest BCUT2D eigenvalue weighted by Gasteiger charge is 2.25. The van der Waals surface area contributed by atoms with E-state index >= 15 is 0 Å². The zero-order chi connectivity index (χ0) is 17.8. The van der Waals surface area contributed by atoms with Crippen LogP contribution in [0.1, 0.15) is 21.0 Å². The summed E-state index contributed by atoms with van der Waals surface area (Å²) in [6.45, 7) is 4.34. The van der Waals surface area contributed by atoms with Crippen molar-refractivity contribution in [3.63, 3.8) is 0 Å². The predicted molar refractivity (Wildman–Crippen MR) is 95.7 cm³/mol. The average Bonchev–Trinajstić information content (AvgIpc) is 3.23. The summed E-state index contributed by atoms with van der Waals surface area (Å²) < 4.78 is 1.59. The molecule has 1 aliphatic heterocycles. The van der Waals surface area contributed by atoms with Crippen LogP contribution < -0.4 is 0 Å². The predicted octanol–water partition coefficient (Wildman–Crippen LogP) is 1.05. The molecule has 0 aromatic carbocycles. The van der Waals surface area contributed by atoms with Crippen LogP contribution in [0.2, 0.25) is 0 Å². The molecule has 0 saturated carbocycles. The largest absolute Gasteiger partial charge is 0.339 e. The zero-order valence-electron chi connectivity index (χ0n) is 14.2. The highest BCUT2D eigenvalue weighted by molar-refractivity contribution is 7.99. The van der Waals surface area contributed by atoms with E-state index in [1.807, 2.05) is 28.9 Å². The first-order valence-electron chi connectivity index (χ1n) is 8.03. The summed E-state index contributed by atoms with van der Waals surface area (Å²) in [5.74, 6) is 0.818. The van der Waals surface area contributed by atoms with Gasteiger partial charge in [-0.25, -0.2) is 4.68 Å². The van der Waals surface area contributed by atoms with Gasteiger partial charge in [-0.3, -0.25) is 9.59 Å². The Labute approximate surface area is 154 Å². The van der Waals surface area contributed by atoms with Gasteiger partial charge in [0.15, 0.2) is 0 Å². The van der Waals surface area contributed by atoms with Gasteiger partial charge in [0.1, 0.15) is 0 Å². The molecule has 0 N–H and O–H groups in total. The van der Waals surface area contributed by atoms with Gasteiger partial charge in [-0.15, -0.1) is 16.4 Å². The number of thioether (sulfide) groups is 1. The number of thiophene rings is 1. The maximum Gasteiger partial charge on any atom is 0.264 e. The summed E-state index contributed by atoms with van der Waals surface area (Å²) in [4.78, 5) is 30.3. The molecular formula is C15H20N6O2S2. The highest BCUT2D eigenvalue weighted by Crippen LogP contribution is 2.19. The molecule has 2 amide bonds. The summed E-state index contributed by atoms with van der Waals surface area (Å²) in [6.07, 6.45) is 0.440. The Kier molecular flexibility index (Phi) is 5.69. The van der Waals surface area contributed by atoms with Gasteiger partial charge >= 0.3 is 0 Å². The Morgan fingerprint density at radius 3 is 2.52 bits per heavy atom. The van der Waals surface area contributed by atoms with Gasteiger partial charge in [0.25, 0.3) is 5.91 Å². The maximum atomic E-state index is 12.4. The van der Waals surface area contributed by atoms with Gasteiger partial charge in [-0.2, -0.15) is 0 Å². The fourth-order valence-corrected chi connectivity index (χ4v) is 4.21. The third-order valence-corrected chi connectivity index (χ3v) is 6.00. The van der Waals surface area contributed by atoms with Crippen LogP contribution in [0.4, 0.5) is 0 Å². The van der Waals surface area contributed by atoms with Crippen molar-refractivity contribution >= 4 is 34.9 Å². The van der Waals surface area contributed by atoms with Crippen molar-refractivity contribution in [3.8, 4) is 0 Å². The van der Waals surface area contributed by atoms with Crippen molar-refractivity contribution in [1.29, 1.82) is 0 Å². The number of amides is 2. The van der Waals surface area contributed by atoms with E-state index in [9.17, 15) is 9.59 Å². The molecule has 25 heavy (non-hydrogen) atoms. The second kappa shape index (κ2) is 7.96. The Balaban J connectivity index is 1.43. The van der Waals surface area contributed by atoms with Gasteiger partial charge in [0.2, 0.25) is 11.1 Å². The topological polar surface area (TPSA) is 84.2 Å². The van der Waals surface area contributed by atoms with E-state index in [-0.39, 0.29) is 11.8 Å². The number of rotatable bonds is 5. The fraction of sp³-hybridized carbons (Fsp3) is 0.533. The van der Waals surface area contributed by atoms with E-state index in [1.165, 1.54) is 23.1 Å². The fourth-order valence-electron chi connectivity index (χ4n) is 2.60. The molecule has 0 atom stereocenters. The lowest BCUT2D eigenvalue weighted by Gasteiger charge is -2.34. The Bertz CT molecular complexity index is 751. The molecule has 2 aromatic rings. The van der Waals surface area contributed by atoms with E-state index in [1.54, 1.807) is 11.7 Å². The summed E-state index contributed by atoms with van der Waals surface area (Å²) in [6, 6.07) is 3.83. The number of aryl methyl sites for hydroxylation is 2. The number of carbonyl (C=O) groups is 2. The number of nitrogens with zero attached hydrogens (tertiary/aromatic N) is 6. The first kappa shape index (κ1) is 17.9. The Hall–Kier alpha value is -1.94. The molecule has 3 heterocycles. The minimum absolute atomic E-state index is 0.0653. The van der Waals surface area contributed by atoms with Gasteiger partial charge < -0.3 is 9.80 Å². The molecular weight excluding hydrogens is 360 g/mol. The van der Waals surface area contributed by atoms with E-state index in [4.69, 9.17) is 0 Å². The summed E-state index contributed by atoms with van der Waals surface area (Å²) in [5.41, 5.74) is 0. The number of carbonyl (C=O) groups excluding carboxylic acids is 2. The number of piperazine rings is 1. The SMILES string of the molecule is Cc1ccc(C(=O)N2CCN(C(=O)CCSc3nnnn3C)CC2)s1. The molecule has 2 aromatic heterocycles. The van der Waals surface area contributed by atoms with Gasteiger partial charge in [0, 0.05) is 50.3 Å². The number of tetrazole rings is 1. The van der Waals surface area contributed by atoms with Gasteiger partial charge in [-0.1, -0.05) is 11.8 Å². The molecule has 10 heteroatoms. The summed E-state index contributed by atoms with van der Waals surface area (Å²) in [5, 5.41) is 11.9. The summed E-state index contributed by atoms with van der Waals surface area (Å²) in [7, 11) is 1.77. The van der Waals surface area contributed by atoms with Gasteiger partial charge in [0.05, 0.1) is 4.88 Å². The molecule has 1 fully saturated rings. The molecule has 0 spiro atoms. The zero-order valence-corrected chi connectivity index (χ0v) is 15.8. The van der Waals surface area contributed by atoms with Crippen LogP contribution in [0.25, 0.3) is 0 Å². The van der Waals surface area contributed by atoms with E-state index in [0.717, 1.165) is 9.75 Å². The van der Waals surface area contributed by atoms with Crippen LogP contribution in [-0.2, 0) is 11.8 Å². The monoisotopic (exact) mass is 380 g/mol. The van der Waals surface area contributed by atoms with Crippen molar-refractivity contribution in [2.24, 2.45) is 7.05 Å². The molecule has 0 aliphatic carbocycles. The van der Waals surface area contributed by atoms with Crippen LogP contribution in [0.3, 0.4) is 0 Å². The Morgan fingerprint density at radius 1 is 1.20 bits per heavy atom. The molecule has 134 valence electrons. The molecule has 0 bridgehead atoms. The number of aromatic nitrogens is 4. The van der Waals surface area contributed by atoms with Crippen molar-refractivity contribution in [3.05, 3.63) is 21.9 Å².